The third-order valence-corrected chi connectivity index (χ3v) is 8.99. The molecule has 0 N–H and O–H groups in total. The van der Waals surface area contributed by atoms with E-state index in [0.717, 1.165) is 22.4 Å². The number of ether oxygens (including phenoxy) is 2. The molecule has 2 saturated heterocycles. The number of hydrogen-bond donors (Lipinski definition) is 0. The summed E-state index contributed by atoms with van der Waals surface area (Å²) in [6.07, 6.45) is 1.93. The highest BCUT2D eigenvalue weighted by atomic mass is 16.5. The highest BCUT2D eigenvalue weighted by Gasteiger charge is 2.65. The van der Waals surface area contributed by atoms with Gasteiger partial charge in [0.05, 0.1) is 48.7 Å². The van der Waals surface area contributed by atoms with Crippen molar-refractivity contribution in [3.05, 3.63) is 133 Å². The van der Waals surface area contributed by atoms with Crippen molar-refractivity contribution in [2.45, 2.75) is 25.6 Å². The number of rotatable bonds is 9. The average molecular weight is 627 g/mol. The number of imide groups is 1. The summed E-state index contributed by atoms with van der Waals surface area (Å²) in [4.78, 5) is 46.2. The van der Waals surface area contributed by atoms with E-state index in [1.807, 2.05) is 102 Å². The molecular weight excluding hydrogens is 592 g/mol. The Hall–Kier alpha value is -5.54. The number of nitrogens with zero attached hydrogens (tertiary/aromatic N) is 4. The van der Waals surface area contributed by atoms with Crippen LogP contribution < -0.4 is 9.64 Å². The minimum absolute atomic E-state index is 0.141. The van der Waals surface area contributed by atoms with Crippen molar-refractivity contribution in [3.8, 4) is 22.7 Å². The maximum absolute atomic E-state index is 14.7. The monoisotopic (exact) mass is 626 g/mol. The van der Waals surface area contributed by atoms with Crippen molar-refractivity contribution in [1.29, 1.82) is 0 Å². The number of anilines is 1. The van der Waals surface area contributed by atoms with Gasteiger partial charge in [0.2, 0.25) is 11.8 Å². The van der Waals surface area contributed by atoms with Crippen molar-refractivity contribution >= 4 is 23.5 Å². The van der Waals surface area contributed by atoms with Crippen molar-refractivity contribution in [2.24, 2.45) is 11.8 Å². The second-order valence-corrected chi connectivity index (χ2v) is 11.6. The summed E-state index contributed by atoms with van der Waals surface area (Å²) in [5.41, 5.74) is 4.48. The Morgan fingerprint density at radius 3 is 2.02 bits per heavy atom. The van der Waals surface area contributed by atoms with Crippen LogP contribution in [-0.4, -0.2) is 52.2 Å². The van der Waals surface area contributed by atoms with Crippen molar-refractivity contribution in [3.63, 3.8) is 0 Å². The lowest BCUT2D eigenvalue weighted by molar-refractivity contribution is -0.152. The molecule has 5 aromatic rings. The summed E-state index contributed by atoms with van der Waals surface area (Å²) in [5.74, 6) is -2.58. The van der Waals surface area contributed by atoms with Gasteiger partial charge >= 0.3 is 5.97 Å². The van der Waals surface area contributed by atoms with Gasteiger partial charge in [-0.3, -0.25) is 19.3 Å². The molecule has 7 rings (SSSR count). The van der Waals surface area contributed by atoms with Gasteiger partial charge in [-0.25, -0.2) is 9.58 Å². The molecule has 9 nitrogen and oxygen atoms in total. The third kappa shape index (κ3) is 5.38. The first kappa shape index (κ1) is 30.1. The number of para-hydroxylation sites is 1. The normalized spacial score (nSPS) is 20.8. The number of likely N-dealkylation sites (tertiary alicyclic amines) is 1. The van der Waals surface area contributed by atoms with Gasteiger partial charge in [-0.15, -0.1) is 0 Å². The predicted octanol–water partition coefficient (Wildman–Crippen LogP) is 5.84. The number of carbonyl (C=O) groups excluding carboxylic acids is 3. The number of benzene rings is 4. The van der Waals surface area contributed by atoms with E-state index in [1.165, 1.54) is 4.90 Å². The molecule has 2 aliphatic heterocycles. The van der Waals surface area contributed by atoms with E-state index in [-0.39, 0.29) is 12.5 Å². The zero-order valence-corrected chi connectivity index (χ0v) is 26.1. The quantitative estimate of drug-likeness (QED) is 0.150. The highest BCUT2D eigenvalue weighted by molar-refractivity contribution is 6.23. The van der Waals surface area contributed by atoms with E-state index in [1.54, 1.807) is 43.0 Å². The molecule has 0 spiro atoms. The lowest BCUT2D eigenvalue weighted by atomic mass is 9.86. The van der Waals surface area contributed by atoms with Gasteiger partial charge in [0.1, 0.15) is 11.8 Å². The molecule has 2 amide bonds. The van der Waals surface area contributed by atoms with Gasteiger partial charge in [0.25, 0.3) is 0 Å². The van der Waals surface area contributed by atoms with E-state index in [2.05, 4.69) is 0 Å². The smallest absolute Gasteiger partial charge is 0.324 e. The van der Waals surface area contributed by atoms with Crippen LogP contribution >= 0.6 is 0 Å². The fourth-order valence-electron chi connectivity index (χ4n) is 6.96. The molecule has 2 fully saturated rings. The Kier molecular flexibility index (Phi) is 8.14. The summed E-state index contributed by atoms with van der Waals surface area (Å²) in [5, 5.41) is 5.05. The van der Waals surface area contributed by atoms with Gasteiger partial charge in [0, 0.05) is 23.9 Å². The van der Waals surface area contributed by atoms with E-state index in [0.29, 0.717) is 23.7 Å². The Labute approximate surface area is 273 Å². The summed E-state index contributed by atoms with van der Waals surface area (Å²) in [6.45, 7) is 2.20. The van der Waals surface area contributed by atoms with E-state index < -0.39 is 35.8 Å². The SMILES string of the molecule is CCOC(=O)C1[C@@H]2C(=O)N(c3ccc(OC)cc3)C(=O)[C@@H]2[C@H](c2cn(-c3ccccc3)nc2-c2ccccc2)N1Cc1ccccc1. The lowest BCUT2D eigenvalue weighted by Gasteiger charge is -2.32. The van der Waals surface area contributed by atoms with E-state index in [9.17, 15) is 14.4 Å². The Morgan fingerprint density at radius 1 is 0.766 bits per heavy atom. The Bertz CT molecular complexity index is 1890. The summed E-state index contributed by atoms with van der Waals surface area (Å²) in [6, 6.07) is 34.4. The second kappa shape index (κ2) is 12.7. The van der Waals surface area contributed by atoms with Gasteiger partial charge in [-0.05, 0) is 48.9 Å². The third-order valence-electron chi connectivity index (χ3n) is 8.99. The topological polar surface area (TPSA) is 94.0 Å². The van der Waals surface area contributed by atoms with E-state index in [4.69, 9.17) is 14.6 Å². The lowest BCUT2D eigenvalue weighted by Crippen LogP contribution is -2.46. The van der Waals surface area contributed by atoms with Crippen LogP contribution in [0.4, 0.5) is 5.69 Å². The van der Waals surface area contributed by atoms with Crippen LogP contribution in [-0.2, 0) is 25.7 Å². The number of aromatic nitrogens is 2. The first-order valence-corrected chi connectivity index (χ1v) is 15.7. The fraction of sp³-hybridized carbons (Fsp3) is 0.211. The number of esters is 1. The Balaban J connectivity index is 1.44. The zero-order valence-electron chi connectivity index (χ0n) is 26.1. The molecule has 1 aromatic heterocycles. The molecule has 4 aromatic carbocycles. The molecule has 4 atom stereocenters. The molecule has 0 saturated carbocycles. The summed E-state index contributed by atoms with van der Waals surface area (Å²) in [7, 11) is 1.56. The minimum Gasteiger partial charge on any atom is -0.497 e. The first-order chi connectivity index (χ1) is 23.0. The molecule has 0 bridgehead atoms. The maximum atomic E-state index is 14.7. The number of hydrogen-bond acceptors (Lipinski definition) is 7. The fourth-order valence-corrected chi connectivity index (χ4v) is 6.96. The molecule has 0 aliphatic carbocycles. The highest BCUT2D eigenvalue weighted by Crippen LogP contribution is 2.53. The number of methoxy groups -OCH3 is 1. The van der Waals surface area contributed by atoms with E-state index >= 15 is 0 Å². The van der Waals surface area contributed by atoms with Crippen LogP contribution in [0.1, 0.15) is 24.1 Å². The van der Waals surface area contributed by atoms with Crippen LogP contribution in [0.3, 0.4) is 0 Å². The van der Waals surface area contributed by atoms with Crippen LogP contribution in [0, 0.1) is 11.8 Å². The summed E-state index contributed by atoms with van der Waals surface area (Å²) >= 11 is 0. The van der Waals surface area contributed by atoms with Crippen LogP contribution in [0.15, 0.2) is 121 Å². The largest absolute Gasteiger partial charge is 0.497 e. The minimum atomic E-state index is -1.01. The van der Waals surface area contributed by atoms with Crippen molar-refractivity contribution in [2.75, 3.05) is 18.6 Å². The average Bonchev–Trinajstić information content (AvgIpc) is 3.76. The van der Waals surface area contributed by atoms with Gasteiger partial charge in [-0.1, -0.05) is 78.9 Å². The molecule has 0 radical (unpaired) electrons. The zero-order chi connectivity index (χ0) is 32.5. The molecular formula is C38H34N4O5. The molecule has 47 heavy (non-hydrogen) atoms. The summed E-state index contributed by atoms with van der Waals surface area (Å²) < 4.78 is 12.7. The predicted molar refractivity (Wildman–Crippen MR) is 177 cm³/mol. The van der Waals surface area contributed by atoms with Crippen molar-refractivity contribution < 1.29 is 23.9 Å². The molecule has 3 heterocycles. The maximum Gasteiger partial charge on any atom is 0.324 e. The standard InChI is InChI=1S/C38H34N4O5/c1-3-47-38(45)35-32-31(36(43)42(37(32)44)28-19-21-29(46-2)22-20-28)34(40(35)23-25-13-7-4-8-14-25)30-24-41(27-17-11-6-12-18-27)39-33(30)26-15-9-5-10-16-26/h4-22,24,31-32,34-35H,3,23H2,1-2H3/t31-,32+,34-,35?/m0/s1. The van der Waals surface area contributed by atoms with Gasteiger partial charge in [-0.2, -0.15) is 5.10 Å². The number of amides is 2. The van der Waals surface area contributed by atoms with Crippen LogP contribution in [0.25, 0.3) is 16.9 Å². The van der Waals surface area contributed by atoms with Crippen LogP contribution in [0.2, 0.25) is 0 Å². The number of fused-ring (bicyclic) bond motifs is 1. The van der Waals surface area contributed by atoms with Crippen molar-refractivity contribution in [1.82, 2.24) is 14.7 Å². The molecule has 236 valence electrons. The Morgan fingerprint density at radius 2 is 1.38 bits per heavy atom. The molecule has 2 aliphatic rings. The van der Waals surface area contributed by atoms with Gasteiger partial charge in [0.15, 0.2) is 0 Å². The van der Waals surface area contributed by atoms with Crippen LogP contribution in [0.5, 0.6) is 5.75 Å². The second-order valence-electron chi connectivity index (χ2n) is 11.6. The first-order valence-electron chi connectivity index (χ1n) is 15.7. The number of carbonyl (C=O) groups is 3. The molecule has 1 unspecified atom stereocenters. The van der Waals surface area contributed by atoms with Gasteiger partial charge < -0.3 is 9.47 Å². The molecule has 9 heteroatoms.